The molecule has 0 bridgehead atoms. The molecule has 1 unspecified atom stereocenters. The van der Waals surface area contributed by atoms with Gasteiger partial charge in [-0.15, -0.1) is 0 Å². The summed E-state index contributed by atoms with van der Waals surface area (Å²) >= 11 is 3.62. The first-order valence-corrected chi connectivity index (χ1v) is 7.84. The number of nitrogens with zero attached hydrogens (tertiary/aromatic N) is 2. The highest BCUT2D eigenvalue weighted by atomic mass is 79.9. The van der Waals surface area contributed by atoms with Crippen LogP contribution in [0.15, 0.2) is 4.47 Å². The average Bonchev–Trinajstić information content (AvgIpc) is 2.65. The molecule has 0 aliphatic heterocycles. The molecule has 4 nitrogen and oxygen atoms in total. The van der Waals surface area contributed by atoms with Crippen molar-refractivity contribution < 1.29 is 9.84 Å². The lowest BCUT2D eigenvalue weighted by atomic mass is 9.74. The van der Waals surface area contributed by atoms with Gasteiger partial charge in [-0.2, -0.15) is 5.10 Å². The predicted molar refractivity (Wildman–Crippen MR) is 78.3 cm³/mol. The summed E-state index contributed by atoms with van der Waals surface area (Å²) in [6.45, 7) is 4.99. The minimum absolute atomic E-state index is 0.339. The topological polar surface area (TPSA) is 47.3 Å². The first-order chi connectivity index (χ1) is 9.07. The number of rotatable bonds is 6. The lowest BCUT2D eigenvalue weighted by Gasteiger charge is -2.44. The molecule has 19 heavy (non-hydrogen) atoms. The summed E-state index contributed by atoms with van der Waals surface area (Å²) in [5.74, 6) is 0. The maximum absolute atomic E-state index is 10.5. The number of aryl methyl sites for hydroxylation is 2. The maximum Gasteiger partial charge on any atom is 0.0940 e. The Morgan fingerprint density at radius 3 is 2.58 bits per heavy atom. The van der Waals surface area contributed by atoms with E-state index in [9.17, 15) is 5.11 Å². The second kappa shape index (κ2) is 5.94. The zero-order valence-corrected chi connectivity index (χ0v) is 13.5. The Hall–Kier alpha value is -0.390. The molecular formula is C14H23BrN2O2. The first-order valence-electron chi connectivity index (χ1n) is 7.05. The lowest BCUT2D eigenvalue weighted by Crippen LogP contribution is -2.51. The number of halogens is 1. The summed E-state index contributed by atoms with van der Waals surface area (Å²) in [7, 11) is 1.70. The molecule has 1 saturated carbocycles. The molecule has 0 radical (unpaired) electrons. The molecule has 1 heterocycles. The van der Waals surface area contributed by atoms with E-state index < -0.39 is 6.10 Å². The molecule has 1 N–H and O–H groups in total. The Labute approximate surface area is 123 Å². The number of ether oxygens (including phenoxy) is 1. The summed E-state index contributed by atoms with van der Waals surface area (Å²) in [5.41, 5.74) is 1.80. The third-order valence-electron chi connectivity index (χ3n) is 4.29. The SMILES string of the molecule is CCc1nn(CC)c(CC(O)C2(OC)CCC2)c1Br. The number of hydrogen-bond donors (Lipinski definition) is 1. The van der Waals surface area contributed by atoms with Crippen molar-refractivity contribution in [2.75, 3.05) is 7.11 Å². The normalized spacial score (nSPS) is 19.2. The summed E-state index contributed by atoms with van der Waals surface area (Å²) in [4.78, 5) is 0. The van der Waals surface area contributed by atoms with Gasteiger partial charge in [0.15, 0.2) is 0 Å². The Morgan fingerprint density at radius 2 is 2.16 bits per heavy atom. The van der Waals surface area contributed by atoms with Crippen LogP contribution in [0, 0.1) is 0 Å². The minimum Gasteiger partial charge on any atom is -0.390 e. The predicted octanol–water partition coefficient (Wildman–Crippen LogP) is 2.70. The van der Waals surface area contributed by atoms with Crippen LogP contribution >= 0.6 is 15.9 Å². The molecule has 1 aliphatic rings. The van der Waals surface area contributed by atoms with Crippen LogP contribution in [0.5, 0.6) is 0 Å². The van der Waals surface area contributed by atoms with Crippen LogP contribution in [0.25, 0.3) is 0 Å². The molecule has 108 valence electrons. The molecule has 1 atom stereocenters. The third-order valence-corrected chi connectivity index (χ3v) is 5.21. The van der Waals surface area contributed by atoms with Gasteiger partial charge < -0.3 is 9.84 Å². The van der Waals surface area contributed by atoms with Crippen molar-refractivity contribution in [2.45, 2.75) is 64.2 Å². The number of hydrogen-bond acceptors (Lipinski definition) is 3. The molecule has 0 saturated heterocycles. The summed E-state index contributed by atoms with van der Waals surface area (Å²) in [5, 5.41) is 15.1. The molecule has 2 rings (SSSR count). The average molecular weight is 331 g/mol. The highest BCUT2D eigenvalue weighted by Crippen LogP contribution is 2.39. The number of aromatic nitrogens is 2. The highest BCUT2D eigenvalue weighted by molar-refractivity contribution is 9.10. The van der Waals surface area contributed by atoms with Crippen LogP contribution < -0.4 is 0 Å². The van der Waals surface area contributed by atoms with Crippen LogP contribution in [0.1, 0.15) is 44.5 Å². The summed E-state index contributed by atoms with van der Waals surface area (Å²) < 4.78 is 8.58. The minimum atomic E-state index is -0.464. The number of aliphatic hydroxyl groups excluding tert-OH is 1. The number of methoxy groups -OCH3 is 1. The molecular weight excluding hydrogens is 308 g/mol. The molecule has 0 spiro atoms. The van der Waals surface area contributed by atoms with Crippen molar-refractivity contribution in [1.82, 2.24) is 9.78 Å². The van der Waals surface area contributed by atoms with E-state index in [0.29, 0.717) is 6.42 Å². The van der Waals surface area contributed by atoms with E-state index in [1.54, 1.807) is 7.11 Å². The summed E-state index contributed by atoms with van der Waals surface area (Å²) in [6, 6.07) is 0. The van der Waals surface area contributed by atoms with E-state index in [4.69, 9.17) is 4.74 Å². The first kappa shape index (κ1) is 15.0. The standard InChI is InChI=1S/C14H23BrN2O2/c1-4-10-13(15)11(17(5-2)16-10)9-12(18)14(19-3)7-6-8-14/h12,18H,4-9H2,1-3H3. The second-order valence-electron chi connectivity index (χ2n) is 5.22. The molecule has 1 aromatic heterocycles. The Bertz CT molecular complexity index is 435. The van der Waals surface area contributed by atoms with Gasteiger partial charge in [-0.25, -0.2) is 0 Å². The van der Waals surface area contributed by atoms with Crippen LogP contribution in [0.3, 0.4) is 0 Å². The zero-order valence-electron chi connectivity index (χ0n) is 11.9. The molecule has 1 fully saturated rings. The molecule has 5 heteroatoms. The smallest absolute Gasteiger partial charge is 0.0940 e. The van der Waals surface area contributed by atoms with Crippen molar-refractivity contribution in [2.24, 2.45) is 0 Å². The van der Waals surface area contributed by atoms with E-state index in [0.717, 1.165) is 48.1 Å². The van der Waals surface area contributed by atoms with E-state index >= 15 is 0 Å². The Morgan fingerprint density at radius 1 is 1.47 bits per heavy atom. The van der Waals surface area contributed by atoms with Gasteiger partial charge in [0.1, 0.15) is 0 Å². The van der Waals surface area contributed by atoms with Gasteiger partial charge >= 0.3 is 0 Å². The van der Waals surface area contributed by atoms with E-state index in [1.807, 2.05) is 4.68 Å². The molecule has 0 aromatic carbocycles. The van der Waals surface area contributed by atoms with Gasteiger partial charge in [-0.3, -0.25) is 4.68 Å². The van der Waals surface area contributed by atoms with Gasteiger partial charge in [0, 0.05) is 20.1 Å². The lowest BCUT2D eigenvalue weighted by molar-refractivity contribution is -0.149. The Kier molecular flexibility index (Phi) is 4.69. The molecule has 0 amide bonds. The van der Waals surface area contributed by atoms with Gasteiger partial charge in [0.2, 0.25) is 0 Å². The fourth-order valence-electron chi connectivity index (χ4n) is 2.78. The van der Waals surface area contributed by atoms with Crippen LogP contribution in [-0.2, 0) is 24.1 Å². The van der Waals surface area contributed by atoms with Crippen molar-refractivity contribution in [3.05, 3.63) is 15.9 Å². The third kappa shape index (κ3) is 2.60. The van der Waals surface area contributed by atoms with Crippen molar-refractivity contribution in [1.29, 1.82) is 0 Å². The highest BCUT2D eigenvalue weighted by Gasteiger charge is 2.44. The van der Waals surface area contributed by atoms with Gasteiger partial charge in [-0.05, 0) is 48.5 Å². The second-order valence-corrected chi connectivity index (χ2v) is 6.01. The fourth-order valence-corrected chi connectivity index (χ4v) is 3.51. The van der Waals surface area contributed by atoms with E-state index in [-0.39, 0.29) is 5.60 Å². The van der Waals surface area contributed by atoms with Crippen LogP contribution in [0.4, 0.5) is 0 Å². The van der Waals surface area contributed by atoms with Crippen LogP contribution in [-0.4, -0.2) is 33.7 Å². The van der Waals surface area contributed by atoms with Crippen molar-refractivity contribution in [3.8, 4) is 0 Å². The quantitative estimate of drug-likeness (QED) is 0.872. The maximum atomic E-state index is 10.5. The number of aliphatic hydroxyl groups is 1. The van der Waals surface area contributed by atoms with E-state index in [2.05, 4.69) is 34.9 Å². The summed E-state index contributed by atoms with van der Waals surface area (Å²) in [6.07, 6.45) is 4.06. The molecule has 1 aromatic rings. The van der Waals surface area contributed by atoms with Crippen LogP contribution in [0.2, 0.25) is 0 Å². The Balaban J connectivity index is 2.20. The van der Waals surface area contributed by atoms with Gasteiger partial charge in [0.25, 0.3) is 0 Å². The van der Waals surface area contributed by atoms with Crippen molar-refractivity contribution in [3.63, 3.8) is 0 Å². The zero-order chi connectivity index (χ0) is 14.0. The molecule has 1 aliphatic carbocycles. The van der Waals surface area contributed by atoms with Crippen molar-refractivity contribution >= 4 is 15.9 Å². The largest absolute Gasteiger partial charge is 0.390 e. The van der Waals surface area contributed by atoms with E-state index in [1.165, 1.54) is 0 Å². The monoisotopic (exact) mass is 330 g/mol. The van der Waals surface area contributed by atoms with Gasteiger partial charge in [-0.1, -0.05) is 6.92 Å². The van der Waals surface area contributed by atoms with Gasteiger partial charge in [0.05, 0.1) is 27.6 Å². The fraction of sp³-hybridized carbons (Fsp3) is 0.786.